The Bertz CT molecular complexity index is 792. The van der Waals surface area contributed by atoms with Crippen molar-refractivity contribution < 1.29 is 18.0 Å². The lowest BCUT2D eigenvalue weighted by Gasteiger charge is -2.19. The number of anilines is 1. The third-order valence-corrected chi connectivity index (χ3v) is 4.04. The highest BCUT2D eigenvalue weighted by Gasteiger charge is 2.27. The van der Waals surface area contributed by atoms with Crippen molar-refractivity contribution in [1.82, 2.24) is 14.8 Å². The van der Waals surface area contributed by atoms with Crippen LogP contribution < -0.4 is 4.90 Å². The number of carbonyl (C=O) groups is 1. The van der Waals surface area contributed by atoms with Gasteiger partial charge in [-0.25, -0.2) is 4.68 Å². The molecular formula is C17H19ClF3N5O. The number of aromatic nitrogens is 3. The van der Waals surface area contributed by atoms with Gasteiger partial charge in [0, 0.05) is 24.9 Å². The molecule has 0 bridgehead atoms. The predicted molar refractivity (Wildman–Crippen MR) is 96.6 cm³/mol. The monoisotopic (exact) mass is 401 g/mol. The van der Waals surface area contributed by atoms with Gasteiger partial charge in [0.2, 0.25) is 5.91 Å². The molecule has 0 fully saturated rings. The second-order valence-corrected chi connectivity index (χ2v) is 6.21. The maximum absolute atomic E-state index is 12.5. The van der Waals surface area contributed by atoms with E-state index in [0.29, 0.717) is 11.4 Å². The first-order valence-electron chi connectivity index (χ1n) is 8.30. The molecule has 0 saturated carbocycles. The van der Waals surface area contributed by atoms with Gasteiger partial charge in [0.05, 0.1) is 24.5 Å². The van der Waals surface area contributed by atoms with Crippen LogP contribution in [0.5, 0.6) is 0 Å². The molecule has 0 aliphatic rings. The van der Waals surface area contributed by atoms with Crippen LogP contribution in [0.15, 0.2) is 30.7 Å². The summed E-state index contributed by atoms with van der Waals surface area (Å²) in [6, 6.07) is 3.50. The first-order valence-corrected chi connectivity index (χ1v) is 8.68. The highest BCUT2D eigenvalue weighted by molar-refractivity contribution is 6.32. The van der Waals surface area contributed by atoms with E-state index in [4.69, 9.17) is 17.0 Å². The van der Waals surface area contributed by atoms with Crippen LogP contribution in [0.1, 0.15) is 32.6 Å². The molecule has 2 aromatic rings. The number of amides is 1. The number of hydrogen-bond donors (Lipinski definition) is 1. The number of nitrogens with one attached hydrogen (secondary N) is 1. The number of rotatable bonds is 8. The van der Waals surface area contributed by atoms with Gasteiger partial charge >= 0.3 is 6.18 Å². The first-order chi connectivity index (χ1) is 12.7. The fourth-order valence-corrected chi connectivity index (χ4v) is 2.73. The van der Waals surface area contributed by atoms with E-state index in [1.54, 1.807) is 37.6 Å². The zero-order chi connectivity index (χ0) is 20.0. The minimum absolute atomic E-state index is 0.0431. The Labute approximate surface area is 159 Å². The largest absolute Gasteiger partial charge is 0.389 e. The van der Waals surface area contributed by atoms with E-state index in [-0.39, 0.29) is 36.7 Å². The van der Waals surface area contributed by atoms with Crippen LogP contribution in [-0.2, 0) is 4.79 Å². The van der Waals surface area contributed by atoms with Crippen LogP contribution >= 0.6 is 11.6 Å². The Morgan fingerprint density at radius 2 is 2.15 bits per heavy atom. The van der Waals surface area contributed by atoms with Crippen molar-refractivity contribution in [3.05, 3.63) is 35.9 Å². The molecule has 6 nitrogen and oxygen atoms in total. The van der Waals surface area contributed by atoms with E-state index >= 15 is 0 Å². The molecule has 2 heterocycles. The molecule has 0 radical (unpaired) electrons. The summed E-state index contributed by atoms with van der Waals surface area (Å²) in [5.41, 5.74) is 0.989. The number of alkyl halides is 3. The third kappa shape index (κ3) is 6.06. The minimum Gasteiger partial charge on any atom is -0.309 e. The molecule has 1 amide bonds. The molecule has 2 rings (SSSR count). The first kappa shape index (κ1) is 20.9. The number of nitrogens with zero attached hydrogens (tertiary/aromatic N) is 4. The molecule has 0 atom stereocenters. The highest BCUT2D eigenvalue weighted by Crippen LogP contribution is 2.27. The SMILES string of the molecule is CCN(C(=O)CC(=N)CCCC(F)(F)F)c1cn(-c2cccnc2)nc1Cl. The molecule has 0 unspecified atom stereocenters. The smallest absolute Gasteiger partial charge is 0.309 e. The second kappa shape index (κ2) is 8.98. The number of halogens is 4. The number of hydrogen-bond acceptors (Lipinski definition) is 4. The standard InChI is InChI=1S/C17H19ClF3N5O/c1-2-25(15(27)9-12(22)5-3-7-17(19,20)21)14-11-26(24-16(14)18)13-6-4-8-23-10-13/h4,6,8,10-11,22H,2-3,5,7,9H2,1H3. The van der Waals surface area contributed by atoms with Crippen LogP contribution in [0.3, 0.4) is 0 Å². The summed E-state index contributed by atoms with van der Waals surface area (Å²) >= 11 is 6.16. The Balaban J connectivity index is 2.04. The average molecular weight is 402 g/mol. The summed E-state index contributed by atoms with van der Waals surface area (Å²) in [6.45, 7) is 2.02. The zero-order valence-corrected chi connectivity index (χ0v) is 15.4. The van der Waals surface area contributed by atoms with Gasteiger partial charge in [-0.15, -0.1) is 0 Å². The lowest BCUT2D eigenvalue weighted by Crippen LogP contribution is -2.32. The zero-order valence-electron chi connectivity index (χ0n) is 14.6. The number of pyridine rings is 1. The van der Waals surface area contributed by atoms with Gasteiger partial charge in [0.15, 0.2) is 5.15 Å². The molecule has 10 heteroatoms. The molecule has 0 aromatic carbocycles. The summed E-state index contributed by atoms with van der Waals surface area (Å²) in [5, 5.41) is 12.0. The summed E-state index contributed by atoms with van der Waals surface area (Å²) in [4.78, 5) is 17.9. The molecule has 2 aromatic heterocycles. The maximum Gasteiger partial charge on any atom is 0.389 e. The quantitative estimate of drug-likeness (QED) is 0.665. The molecule has 0 saturated heterocycles. The van der Waals surface area contributed by atoms with Gasteiger partial charge < -0.3 is 10.3 Å². The number of carbonyl (C=O) groups excluding carboxylic acids is 1. The third-order valence-electron chi connectivity index (χ3n) is 3.77. The van der Waals surface area contributed by atoms with Crippen LogP contribution in [0.4, 0.5) is 18.9 Å². The van der Waals surface area contributed by atoms with Crippen molar-refractivity contribution in [2.24, 2.45) is 0 Å². The summed E-state index contributed by atoms with van der Waals surface area (Å²) < 4.78 is 38.0. The Morgan fingerprint density at radius 1 is 1.41 bits per heavy atom. The van der Waals surface area contributed by atoms with E-state index in [0.717, 1.165) is 0 Å². The molecule has 1 N–H and O–H groups in total. The average Bonchev–Trinajstić information content (AvgIpc) is 2.97. The summed E-state index contributed by atoms with van der Waals surface area (Å²) in [7, 11) is 0. The van der Waals surface area contributed by atoms with Crippen molar-refractivity contribution >= 4 is 28.9 Å². The van der Waals surface area contributed by atoms with Gasteiger partial charge in [-0.1, -0.05) is 11.6 Å². The van der Waals surface area contributed by atoms with Crippen molar-refractivity contribution in [3.8, 4) is 5.69 Å². The lowest BCUT2D eigenvalue weighted by molar-refractivity contribution is -0.135. The van der Waals surface area contributed by atoms with E-state index in [1.807, 2.05) is 0 Å². The van der Waals surface area contributed by atoms with E-state index < -0.39 is 18.5 Å². The molecule has 0 spiro atoms. The topological polar surface area (TPSA) is 74.9 Å². The van der Waals surface area contributed by atoms with Crippen molar-refractivity contribution in [1.29, 1.82) is 5.41 Å². The van der Waals surface area contributed by atoms with Crippen molar-refractivity contribution in [2.75, 3.05) is 11.4 Å². The van der Waals surface area contributed by atoms with Gasteiger partial charge in [-0.2, -0.15) is 18.3 Å². The highest BCUT2D eigenvalue weighted by atomic mass is 35.5. The van der Waals surface area contributed by atoms with Crippen LogP contribution in [-0.4, -0.2) is 39.1 Å². The van der Waals surface area contributed by atoms with Gasteiger partial charge in [-0.3, -0.25) is 9.78 Å². The van der Waals surface area contributed by atoms with Gasteiger partial charge in [-0.05, 0) is 31.9 Å². The molecular weight excluding hydrogens is 383 g/mol. The van der Waals surface area contributed by atoms with Crippen LogP contribution in [0, 0.1) is 5.41 Å². The van der Waals surface area contributed by atoms with Crippen molar-refractivity contribution in [3.63, 3.8) is 0 Å². The molecule has 146 valence electrons. The van der Waals surface area contributed by atoms with E-state index in [9.17, 15) is 18.0 Å². The predicted octanol–water partition coefficient (Wildman–Crippen LogP) is 4.42. The van der Waals surface area contributed by atoms with Crippen molar-refractivity contribution in [2.45, 2.75) is 38.8 Å². The lowest BCUT2D eigenvalue weighted by atomic mass is 10.1. The Kier molecular flexibility index (Phi) is 6.95. The molecule has 27 heavy (non-hydrogen) atoms. The maximum atomic E-state index is 12.5. The summed E-state index contributed by atoms with van der Waals surface area (Å²) in [6.07, 6.45) is -0.997. The summed E-state index contributed by atoms with van der Waals surface area (Å²) in [5.74, 6) is -0.415. The van der Waals surface area contributed by atoms with E-state index in [1.165, 1.54) is 9.58 Å². The Morgan fingerprint density at radius 3 is 2.74 bits per heavy atom. The fourth-order valence-electron chi connectivity index (χ4n) is 2.50. The molecule has 0 aliphatic heterocycles. The fraction of sp³-hybridized carbons (Fsp3) is 0.412. The van der Waals surface area contributed by atoms with Crippen LogP contribution in [0.2, 0.25) is 5.15 Å². The van der Waals surface area contributed by atoms with Gasteiger partial charge in [0.25, 0.3) is 0 Å². The second-order valence-electron chi connectivity index (χ2n) is 5.85. The minimum atomic E-state index is -4.26. The van der Waals surface area contributed by atoms with E-state index in [2.05, 4.69) is 10.1 Å². The normalized spacial score (nSPS) is 11.4. The Hall–Kier alpha value is -2.42. The van der Waals surface area contributed by atoms with Crippen LogP contribution in [0.25, 0.3) is 5.69 Å². The van der Waals surface area contributed by atoms with Gasteiger partial charge in [0.1, 0.15) is 5.69 Å². The molecule has 0 aliphatic carbocycles.